The van der Waals surface area contributed by atoms with Gasteiger partial charge in [0.05, 0.1) is 13.2 Å². The van der Waals surface area contributed by atoms with E-state index in [1.54, 1.807) is 4.90 Å². The van der Waals surface area contributed by atoms with E-state index in [-0.39, 0.29) is 30.1 Å². The number of carbonyl (C=O) groups excluding carboxylic acids is 1. The fourth-order valence-electron chi connectivity index (χ4n) is 2.82. The van der Waals surface area contributed by atoms with Crippen molar-refractivity contribution in [2.45, 2.75) is 39.2 Å². The average molecular weight is 454 g/mol. The molecule has 1 atom stereocenters. The van der Waals surface area contributed by atoms with E-state index in [0.717, 1.165) is 32.5 Å². The number of guanidine groups is 1. The van der Waals surface area contributed by atoms with Gasteiger partial charge in [0.15, 0.2) is 5.96 Å². The molecule has 8 heteroatoms. The first-order valence-electron chi connectivity index (χ1n) is 8.46. The highest BCUT2D eigenvalue weighted by Gasteiger charge is 2.27. The number of carbonyl (C=O) groups is 1. The summed E-state index contributed by atoms with van der Waals surface area (Å²) in [6, 6.07) is 0. The molecule has 2 saturated heterocycles. The van der Waals surface area contributed by atoms with E-state index in [1.165, 1.54) is 0 Å². The Balaban J connectivity index is 0.00000288. The van der Waals surface area contributed by atoms with Crippen molar-refractivity contribution in [1.82, 2.24) is 9.80 Å². The number of nitrogens with zero attached hydrogens (tertiary/aromatic N) is 3. The largest absolute Gasteiger partial charge is 0.444 e. The summed E-state index contributed by atoms with van der Waals surface area (Å²) < 4.78 is 10.8. The number of piperidine rings is 1. The first kappa shape index (κ1) is 21.3. The molecule has 2 rings (SSSR count). The van der Waals surface area contributed by atoms with Crippen LogP contribution in [-0.4, -0.2) is 73.4 Å². The van der Waals surface area contributed by atoms with Gasteiger partial charge in [0.25, 0.3) is 0 Å². The molecule has 0 saturated carbocycles. The van der Waals surface area contributed by atoms with Crippen molar-refractivity contribution >= 4 is 36.0 Å². The molecule has 7 nitrogen and oxygen atoms in total. The summed E-state index contributed by atoms with van der Waals surface area (Å²) in [5.41, 5.74) is 5.60. The summed E-state index contributed by atoms with van der Waals surface area (Å²) >= 11 is 0. The van der Waals surface area contributed by atoms with Crippen molar-refractivity contribution in [3.63, 3.8) is 0 Å². The molecule has 0 aliphatic carbocycles. The second-order valence-electron chi connectivity index (χ2n) is 7.23. The second kappa shape index (κ2) is 9.65. The maximum absolute atomic E-state index is 12.2. The lowest BCUT2D eigenvalue weighted by Gasteiger charge is -2.34. The van der Waals surface area contributed by atoms with E-state index in [9.17, 15) is 4.79 Å². The minimum atomic E-state index is -0.455. The van der Waals surface area contributed by atoms with Crippen molar-refractivity contribution in [2.75, 3.05) is 45.9 Å². The number of ether oxygens (including phenoxy) is 2. The highest BCUT2D eigenvalue weighted by molar-refractivity contribution is 14.0. The van der Waals surface area contributed by atoms with Crippen LogP contribution in [0.15, 0.2) is 4.99 Å². The van der Waals surface area contributed by atoms with Gasteiger partial charge in [0, 0.05) is 32.7 Å². The number of aliphatic imine (C=N–C) groups is 1. The fraction of sp³-hybridized carbons (Fsp3) is 0.875. The van der Waals surface area contributed by atoms with Crippen molar-refractivity contribution < 1.29 is 14.3 Å². The van der Waals surface area contributed by atoms with Crippen LogP contribution in [0.3, 0.4) is 0 Å². The van der Waals surface area contributed by atoms with E-state index >= 15 is 0 Å². The third-order valence-electron chi connectivity index (χ3n) is 4.02. The Hall–Kier alpha value is -0.770. The van der Waals surface area contributed by atoms with Gasteiger partial charge in [0.1, 0.15) is 5.60 Å². The van der Waals surface area contributed by atoms with Gasteiger partial charge in [-0.05, 0) is 39.5 Å². The van der Waals surface area contributed by atoms with E-state index < -0.39 is 5.60 Å². The van der Waals surface area contributed by atoms with Crippen molar-refractivity contribution in [2.24, 2.45) is 16.6 Å². The van der Waals surface area contributed by atoms with Gasteiger partial charge in [-0.15, -0.1) is 24.0 Å². The van der Waals surface area contributed by atoms with Crippen LogP contribution >= 0.6 is 24.0 Å². The molecule has 0 radical (unpaired) electrons. The number of nitrogens with two attached hydrogens (primary N) is 1. The molecule has 2 N–H and O–H groups in total. The highest BCUT2D eigenvalue weighted by atomic mass is 127. The van der Waals surface area contributed by atoms with Crippen LogP contribution in [0.4, 0.5) is 4.79 Å². The Bertz CT molecular complexity index is 434. The predicted octanol–water partition coefficient (Wildman–Crippen LogP) is 1.90. The third kappa shape index (κ3) is 7.00. The zero-order valence-corrected chi connectivity index (χ0v) is 17.3. The Kier molecular flexibility index (Phi) is 8.55. The first-order valence-corrected chi connectivity index (χ1v) is 8.46. The van der Waals surface area contributed by atoms with Gasteiger partial charge >= 0.3 is 6.09 Å². The number of halogens is 1. The van der Waals surface area contributed by atoms with Crippen LogP contribution in [0.5, 0.6) is 0 Å². The summed E-state index contributed by atoms with van der Waals surface area (Å²) in [4.78, 5) is 20.5. The lowest BCUT2D eigenvalue weighted by atomic mass is 9.98. The second-order valence-corrected chi connectivity index (χ2v) is 7.23. The monoisotopic (exact) mass is 454 g/mol. The SMILES string of the molecule is CC(C)(C)OC(=O)N1CCCC(CN=C(N)N2CCOCC2)C1.I. The number of likely N-dealkylation sites (tertiary alicyclic amines) is 1. The summed E-state index contributed by atoms with van der Waals surface area (Å²) in [7, 11) is 0. The summed E-state index contributed by atoms with van der Waals surface area (Å²) in [5.74, 6) is 0.929. The minimum Gasteiger partial charge on any atom is -0.444 e. The fourth-order valence-corrected chi connectivity index (χ4v) is 2.82. The molecule has 0 spiro atoms. The molecule has 2 aliphatic heterocycles. The third-order valence-corrected chi connectivity index (χ3v) is 4.02. The van der Waals surface area contributed by atoms with Crippen LogP contribution < -0.4 is 5.73 Å². The van der Waals surface area contributed by atoms with Gasteiger partial charge in [0.2, 0.25) is 0 Å². The van der Waals surface area contributed by atoms with Crippen molar-refractivity contribution in [3.05, 3.63) is 0 Å². The molecular weight excluding hydrogens is 423 g/mol. The molecule has 0 bridgehead atoms. The van der Waals surface area contributed by atoms with Gasteiger partial charge in [-0.2, -0.15) is 0 Å². The zero-order chi connectivity index (χ0) is 16.9. The van der Waals surface area contributed by atoms with Crippen LogP contribution in [0.1, 0.15) is 33.6 Å². The summed E-state index contributed by atoms with van der Waals surface area (Å²) in [6.45, 7) is 10.8. The van der Waals surface area contributed by atoms with Gasteiger partial charge in [-0.1, -0.05) is 0 Å². The van der Waals surface area contributed by atoms with Crippen LogP contribution in [0.2, 0.25) is 0 Å². The summed E-state index contributed by atoms with van der Waals surface area (Å²) in [6.07, 6.45) is 1.82. The Labute approximate surface area is 161 Å². The highest BCUT2D eigenvalue weighted by Crippen LogP contribution is 2.19. The van der Waals surface area contributed by atoms with E-state index in [4.69, 9.17) is 15.2 Å². The van der Waals surface area contributed by atoms with E-state index in [2.05, 4.69) is 9.89 Å². The lowest BCUT2D eigenvalue weighted by Crippen LogP contribution is -2.46. The molecule has 2 fully saturated rings. The molecule has 1 amide bonds. The van der Waals surface area contributed by atoms with Crippen LogP contribution in [0, 0.1) is 5.92 Å². The molecule has 0 aromatic carbocycles. The predicted molar refractivity (Wildman–Crippen MR) is 105 cm³/mol. The normalized spacial score (nSPS) is 22.8. The molecule has 0 aromatic heterocycles. The number of amides is 1. The molecule has 2 heterocycles. The molecule has 0 aromatic rings. The Morgan fingerprint density at radius 2 is 1.92 bits per heavy atom. The standard InChI is InChI=1S/C16H30N4O3.HI/c1-16(2,3)23-15(21)20-6-4-5-13(12-20)11-18-14(17)19-7-9-22-10-8-19;/h13H,4-12H2,1-3H3,(H2,17,18);1H. The molecule has 24 heavy (non-hydrogen) atoms. The Morgan fingerprint density at radius 3 is 2.54 bits per heavy atom. The number of rotatable bonds is 2. The van der Waals surface area contributed by atoms with Gasteiger partial charge in [-0.3, -0.25) is 4.99 Å². The molecule has 2 aliphatic rings. The maximum Gasteiger partial charge on any atom is 0.410 e. The molecular formula is C16H31IN4O3. The molecule has 1 unspecified atom stereocenters. The van der Waals surface area contributed by atoms with E-state index in [0.29, 0.717) is 38.2 Å². The average Bonchev–Trinajstić information content (AvgIpc) is 2.52. The number of hydrogen-bond acceptors (Lipinski definition) is 4. The number of hydrogen-bond donors (Lipinski definition) is 1. The van der Waals surface area contributed by atoms with Crippen molar-refractivity contribution in [1.29, 1.82) is 0 Å². The van der Waals surface area contributed by atoms with Gasteiger partial charge in [-0.25, -0.2) is 4.79 Å². The number of morpholine rings is 1. The topological polar surface area (TPSA) is 80.4 Å². The maximum atomic E-state index is 12.2. The Morgan fingerprint density at radius 1 is 1.25 bits per heavy atom. The molecule has 140 valence electrons. The van der Waals surface area contributed by atoms with Gasteiger partial charge < -0.3 is 25.0 Å². The zero-order valence-electron chi connectivity index (χ0n) is 15.0. The van der Waals surface area contributed by atoms with Crippen molar-refractivity contribution in [3.8, 4) is 0 Å². The smallest absolute Gasteiger partial charge is 0.410 e. The summed E-state index contributed by atoms with van der Waals surface area (Å²) in [5, 5.41) is 0. The lowest BCUT2D eigenvalue weighted by molar-refractivity contribution is 0.0170. The van der Waals surface area contributed by atoms with Crippen LogP contribution in [0.25, 0.3) is 0 Å². The van der Waals surface area contributed by atoms with E-state index in [1.807, 2.05) is 20.8 Å². The first-order chi connectivity index (χ1) is 10.8. The minimum absolute atomic E-state index is 0. The quantitative estimate of drug-likeness (QED) is 0.392. The van der Waals surface area contributed by atoms with Crippen LogP contribution in [-0.2, 0) is 9.47 Å².